The van der Waals surface area contributed by atoms with E-state index in [1.165, 1.54) is 0 Å². The van der Waals surface area contributed by atoms with Crippen molar-refractivity contribution in [1.29, 1.82) is 5.26 Å². The number of piperidine rings is 1. The molecule has 2 aliphatic rings. The molecule has 0 radical (unpaired) electrons. The second kappa shape index (κ2) is 7.58. The van der Waals surface area contributed by atoms with E-state index in [-0.39, 0.29) is 5.92 Å². The molecule has 0 bridgehead atoms. The van der Waals surface area contributed by atoms with Crippen molar-refractivity contribution in [3.63, 3.8) is 0 Å². The van der Waals surface area contributed by atoms with E-state index in [9.17, 15) is 10.1 Å². The van der Waals surface area contributed by atoms with Crippen LogP contribution in [-0.4, -0.2) is 55.1 Å². The van der Waals surface area contributed by atoms with E-state index in [0.717, 1.165) is 56.7 Å². The van der Waals surface area contributed by atoms with E-state index in [1.54, 1.807) is 0 Å². The van der Waals surface area contributed by atoms with Crippen molar-refractivity contribution in [3.8, 4) is 6.07 Å². The lowest BCUT2D eigenvalue weighted by molar-refractivity contribution is -0.141. The molecule has 2 heterocycles. The molecule has 23 heavy (non-hydrogen) atoms. The molecule has 122 valence electrons. The highest BCUT2D eigenvalue weighted by Gasteiger charge is 2.29. The number of hydrogen-bond donors (Lipinski definition) is 0. The normalized spacial score (nSPS) is 20.2. The molecule has 5 heteroatoms. The van der Waals surface area contributed by atoms with Gasteiger partial charge in [-0.2, -0.15) is 5.26 Å². The first-order valence-electron chi connectivity index (χ1n) is 8.35. The average Bonchev–Trinajstić information content (AvgIpc) is 2.63. The number of morpholine rings is 1. The lowest BCUT2D eigenvalue weighted by Crippen LogP contribution is -2.46. The number of carbonyl (C=O) groups is 1. The van der Waals surface area contributed by atoms with Gasteiger partial charge in [0.1, 0.15) is 0 Å². The molecule has 2 fully saturated rings. The number of hydrogen-bond acceptors (Lipinski definition) is 4. The highest BCUT2D eigenvalue weighted by molar-refractivity contribution is 5.79. The Morgan fingerprint density at radius 1 is 1.17 bits per heavy atom. The molecule has 0 N–H and O–H groups in total. The third-order valence-corrected chi connectivity index (χ3v) is 4.79. The average molecular weight is 313 g/mol. The van der Waals surface area contributed by atoms with Gasteiger partial charge in [0.05, 0.1) is 24.8 Å². The van der Waals surface area contributed by atoms with Gasteiger partial charge < -0.3 is 9.64 Å². The monoisotopic (exact) mass is 313 g/mol. The minimum Gasteiger partial charge on any atom is -0.378 e. The van der Waals surface area contributed by atoms with Crippen LogP contribution in [-0.2, 0) is 16.1 Å². The molecular weight excluding hydrogens is 290 g/mol. The van der Waals surface area contributed by atoms with Crippen LogP contribution in [0.15, 0.2) is 24.3 Å². The molecule has 2 aliphatic heterocycles. The summed E-state index contributed by atoms with van der Waals surface area (Å²) in [7, 11) is 0. The van der Waals surface area contributed by atoms with Gasteiger partial charge in [0, 0.05) is 25.6 Å². The maximum Gasteiger partial charge on any atom is 0.225 e. The number of ether oxygens (including phenoxy) is 1. The molecule has 0 aliphatic carbocycles. The van der Waals surface area contributed by atoms with Gasteiger partial charge >= 0.3 is 0 Å². The maximum atomic E-state index is 12.5. The molecule has 1 aromatic carbocycles. The number of nitrogens with zero attached hydrogens (tertiary/aromatic N) is 3. The van der Waals surface area contributed by atoms with Crippen LogP contribution in [0.4, 0.5) is 0 Å². The summed E-state index contributed by atoms with van der Waals surface area (Å²) in [5.74, 6) is 0.445. The van der Waals surface area contributed by atoms with Crippen LogP contribution in [0.5, 0.6) is 0 Å². The summed E-state index contributed by atoms with van der Waals surface area (Å²) in [6.45, 7) is 5.41. The maximum absolute atomic E-state index is 12.5. The van der Waals surface area contributed by atoms with E-state index in [1.807, 2.05) is 29.2 Å². The lowest BCUT2D eigenvalue weighted by atomic mass is 9.94. The standard InChI is InChI=1S/C18H23N3O2/c19-13-16-3-1-2-4-17(16)14-20-7-5-15(6-8-20)18(22)21-9-11-23-12-10-21/h1-4,15H,5-12,14H2. The number of likely N-dealkylation sites (tertiary alicyclic amines) is 1. The second-order valence-electron chi connectivity index (χ2n) is 6.26. The Morgan fingerprint density at radius 3 is 2.57 bits per heavy atom. The van der Waals surface area contributed by atoms with Crippen LogP contribution in [0.2, 0.25) is 0 Å². The zero-order valence-electron chi connectivity index (χ0n) is 13.4. The van der Waals surface area contributed by atoms with E-state index < -0.39 is 0 Å². The van der Waals surface area contributed by atoms with Crippen LogP contribution >= 0.6 is 0 Å². The fourth-order valence-corrected chi connectivity index (χ4v) is 3.39. The Balaban J connectivity index is 1.52. The van der Waals surface area contributed by atoms with Gasteiger partial charge in [-0.25, -0.2) is 0 Å². The van der Waals surface area contributed by atoms with Gasteiger partial charge in [-0.15, -0.1) is 0 Å². The van der Waals surface area contributed by atoms with Crippen molar-refractivity contribution in [3.05, 3.63) is 35.4 Å². The van der Waals surface area contributed by atoms with E-state index >= 15 is 0 Å². The summed E-state index contributed by atoms with van der Waals surface area (Å²) in [4.78, 5) is 16.8. The first-order chi connectivity index (χ1) is 11.3. The summed E-state index contributed by atoms with van der Waals surface area (Å²) in [5.41, 5.74) is 1.83. The minimum absolute atomic E-state index is 0.149. The molecule has 0 spiro atoms. The lowest BCUT2D eigenvalue weighted by Gasteiger charge is -2.35. The predicted octanol–water partition coefficient (Wildman–Crippen LogP) is 1.63. The summed E-state index contributed by atoms with van der Waals surface area (Å²) in [6.07, 6.45) is 1.82. The quantitative estimate of drug-likeness (QED) is 0.851. The van der Waals surface area contributed by atoms with Crippen molar-refractivity contribution in [2.45, 2.75) is 19.4 Å². The topological polar surface area (TPSA) is 56.6 Å². The van der Waals surface area contributed by atoms with Crippen LogP contribution in [0.25, 0.3) is 0 Å². The Hall–Kier alpha value is -1.90. The molecule has 1 aromatic rings. The van der Waals surface area contributed by atoms with Crippen LogP contribution in [0.1, 0.15) is 24.0 Å². The molecule has 0 atom stereocenters. The summed E-state index contributed by atoms with van der Waals surface area (Å²) >= 11 is 0. The van der Waals surface area contributed by atoms with Crippen molar-refractivity contribution in [2.75, 3.05) is 39.4 Å². The van der Waals surface area contributed by atoms with Crippen LogP contribution in [0.3, 0.4) is 0 Å². The first kappa shape index (κ1) is 16.0. The summed E-state index contributed by atoms with van der Waals surface area (Å²) in [6, 6.07) is 10.0. The van der Waals surface area contributed by atoms with Gasteiger partial charge in [0.15, 0.2) is 0 Å². The Bertz CT molecular complexity index is 582. The molecule has 3 rings (SSSR count). The Labute approximate surface area is 137 Å². The third kappa shape index (κ3) is 3.90. The van der Waals surface area contributed by atoms with Gasteiger partial charge in [-0.1, -0.05) is 18.2 Å². The second-order valence-corrected chi connectivity index (χ2v) is 6.26. The SMILES string of the molecule is N#Cc1ccccc1CN1CCC(C(=O)N2CCOCC2)CC1. The number of benzene rings is 1. The minimum atomic E-state index is 0.149. The number of carbonyl (C=O) groups excluding carboxylic acids is 1. The first-order valence-corrected chi connectivity index (χ1v) is 8.35. The smallest absolute Gasteiger partial charge is 0.225 e. The van der Waals surface area contributed by atoms with Crippen LogP contribution < -0.4 is 0 Å². The zero-order valence-corrected chi connectivity index (χ0v) is 13.4. The third-order valence-electron chi connectivity index (χ3n) is 4.79. The fraction of sp³-hybridized carbons (Fsp3) is 0.556. The van der Waals surface area contributed by atoms with Crippen molar-refractivity contribution >= 4 is 5.91 Å². The predicted molar refractivity (Wildman–Crippen MR) is 86.6 cm³/mol. The highest BCUT2D eigenvalue weighted by atomic mass is 16.5. The molecular formula is C18H23N3O2. The van der Waals surface area contributed by atoms with E-state index in [0.29, 0.717) is 19.1 Å². The number of rotatable bonds is 3. The molecule has 0 saturated carbocycles. The highest BCUT2D eigenvalue weighted by Crippen LogP contribution is 2.22. The zero-order chi connectivity index (χ0) is 16.1. The molecule has 0 aromatic heterocycles. The fourth-order valence-electron chi connectivity index (χ4n) is 3.39. The van der Waals surface area contributed by atoms with Gasteiger partial charge in [-0.3, -0.25) is 9.69 Å². The van der Waals surface area contributed by atoms with Crippen molar-refractivity contribution in [2.24, 2.45) is 5.92 Å². The number of amides is 1. The molecule has 0 unspecified atom stereocenters. The summed E-state index contributed by atoms with van der Waals surface area (Å²) < 4.78 is 5.31. The Morgan fingerprint density at radius 2 is 1.87 bits per heavy atom. The van der Waals surface area contributed by atoms with Crippen molar-refractivity contribution in [1.82, 2.24) is 9.80 Å². The van der Waals surface area contributed by atoms with E-state index in [2.05, 4.69) is 11.0 Å². The number of nitriles is 1. The van der Waals surface area contributed by atoms with Crippen molar-refractivity contribution < 1.29 is 9.53 Å². The largest absolute Gasteiger partial charge is 0.378 e. The van der Waals surface area contributed by atoms with E-state index in [4.69, 9.17) is 4.74 Å². The van der Waals surface area contributed by atoms with Crippen LogP contribution in [0, 0.1) is 17.2 Å². The summed E-state index contributed by atoms with van der Waals surface area (Å²) in [5, 5.41) is 9.18. The Kier molecular flexibility index (Phi) is 5.27. The van der Waals surface area contributed by atoms with Gasteiger partial charge in [-0.05, 0) is 37.6 Å². The molecule has 1 amide bonds. The van der Waals surface area contributed by atoms with Gasteiger partial charge in [0.2, 0.25) is 5.91 Å². The molecule has 5 nitrogen and oxygen atoms in total. The molecule has 2 saturated heterocycles. The van der Waals surface area contributed by atoms with Gasteiger partial charge in [0.25, 0.3) is 0 Å².